The largest absolute Gasteiger partial charge is 0.491 e. The van der Waals surface area contributed by atoms with Gasteiger partial charge in [-0.3, -0.25) is 9.59 Å². The number of amides is 2. The van der Waals surface area contributed by atoms with Crippen LogP contribution < -0.4 is 15.0 Å². The number of hydrogen-bond acceptors (Lipinski definition) is 12. The maximum atomic E-state index is 13.3. The Balaban J connectivity index is 0.779. The van der Waals surface area contributed by atoms with Crippen LogP contribution in [0, 0.1) is 20.8 Å². The molecule has 12 nitrogen and oxygen atoms in total. The van der Waals surface area contributed by atoms with Gasteiger partial charge >= 0.3 is 0 Å². The van der Waals surface area contributed by atoms with Gasteiger partial charge in [-0.25, -0.2) is 4.98 Å². The average Bonchev–Trinajstić information content (AvgIpc) is 3.85. The van der Waals surface area contributed by atoms with E-state index in [0.717, 1.165) is 55.4 Å². The summed E-state index contributed by atoms with van der Waals surface area (Å²) < 4.78 is 39.2. The molecule has 0 radical (unpaired) electrons. The number of hydrogen-bond donors (Lipinski definition) is 1. The lowest BCUT2D eigenvalue weighted by molar-refractivity contribution is -0.115. The first-order chi connectivity index (χ1) is 29.8. The van der Waals surface area contributed by atoms with Gasteiger partial charge < -0.3 is 42.8 Å². The van der Waals surface area contributed by atoms with Gasteiger partial charge in [-0.2, -0.15) is 0 Å². The summed E-state index contributed by atoms with van der Waals surface area (Å²) in [5.41, 5.74) is 7.58. The van der Waals surface area contributed by atoms with Gasteiger partial charge in [-0.15, -0.1) is 11.3 Å². The molecule has 0 saturated heterocycles. The van der Waals surface area contributed by atoms with Gasteiger partial charge in [0, 0.05) is 45.2 Å². The van der Waals surface area contributed by atoms with E-state index in [1.165, 1.54) is 28.9 Å². The third-order valence-electron chi connectivity index (χ3n) is 9.65. The first kappa shape index (κ1) is 45.9. The number of thiazole rings is 1. The minimum absolute atomic E-state index is 0.0187. The van der Waals surface area contributed by atoms with Crippen LogP contribution in [0.3, 0.4) is 0 Å². The zero-order valence-electron chi connectivity index (χ0n) is 35.2. The maximum Gasteiger partial charge on any atom is 0.258 e. The van der Waals surface area contributed by atoms with Crippen LogP contribution in [0.2, 0.25) is 0 Å². The molecule has 1 aromatic heterocycles. The second-order valence-electron chi connectivity index (χ2n) is 14.3. The second kappa shape index (κ2) is 24.7. The Kier molecular flexibility index (Phi) is 18.6. The molecule has 6 rings (SSSR count). The Labute approximate surface area is 367 Å². The van der Waals surface area contributed by atoms with Gasteiger partial charge in [-0.1, -0.05) is 54.1 Å². The minimum atomic E-state index is -0.161. The summed E-state index contributed by atoms with van der Waals surface area (Å²) in [6.45, 7) is 12.3. The number of carbonyl (C=O) groups is 2. The van der Waals surface area contributed by atoms with Crippen molar-refractivity contribution in [1.29, 1.82) is 0 Å². The van der Waals surface area contributed by atoms with Crippen molar-refractivity contribution in [3.63, 3.8) is 0 Å². The van der Waals surface area contributed by atoms with Crippen LogP contribution >= 0.6 is 23.4 Å². The normalized spacial score (nSPS) is 12.1. The predicted octanol–water partition coefficient (Wildman–Crippen LogP) is 8.31. The molecule has 14 heteroatoms. The van der Waals surface area contributed by atoms with Crippen LogP contribution in [-0.2, 0) is 45.5 Å². The Morgan fingerprint density at radius 1 is 0.721 bits per heavy atom. The van der Waals surface area contributed by atoms with Crippen molar-refractivity contribution in [2.24, 2.45) is 0 Å². The van der Waals surface area contributed by atoms with E-state index in [1.807, 2.05) is 91.5 Å². The summed E-state index contributed by atoms with van der Waals surface area (Å²) in [5, 5.41) is 3.52. The zero-order valence-corrected chi connectivity index (χ0v) is 36.8. The lowest BCUT2D eigenvalue weighted by Gasteiger charge is -2.18. The van der Waals surface area contributed by atoms with E-state index in [-0.39, 0.29) is 18.2 Å². The molecule has 0 saturated carbocycles. The van der Waals surface area contributed by atoms with E-state index in [9.17, 15) is 9.59 Å². The first-order valence-corrected chi connectivity index (χ1v) is 22.1. The summed E-state index contributed by atoms with van der Waals surface area (Å²) >= 11 is 2.80. The lowest BCUT2D eigenvalue weighted by Crippen LogP contribution is -2.29. The molecule has 2 heterocycles. The van der Waals surface area contributed by atoms with Crippen molar-refractivity contribution in [1.82, 2.24) is 4.98 Å². The van der Waals surface area contributed by atoms with Gasteiger partial charge in [0.1, 0.15) is 12.4 Å². The maximum absolute atomic E-state index is 13.3. The van der Waals surface area contributed by atoms with Gasteiger partial charge in [0.2, 0.25) is 5.91 Å². The lowest BCUT2D eigenvalue weighted by atomic mass is 10.0. The number of ether oxygens (including phenoxy) is 6. The van der Waals surface area contributed by atoms with Gasteiger partial charge in [0.05, 0.1) is 84.8 Å². The van der Waals surface area contributed by atoms with Crippen molar-refractivity contribution >= 4 is 46.0 Å². The summed E-state index contributed by atoms with van der Waals surface area (Å²) in [6, 6.07) is 29.5. The van der Waals surface area contributed by atoms with E-state index in [1.54, 1.807) is 0 Å². The topological polar surface area (TPSA) is 127 Å². The van der Waals surface area contributed by atoms with E-state index in [4.69, 9.17) is 37.6 Å². The van der Waals surface area contributed by atoms with Crippen molar-refractivity contribution < 1.29 is 42.2 Å². The highest BCUT2D eigenvalue weighted by atomic mass is 32.2. The highest BCUT2D eigenvalue weighted by Gasteiger charge is 2.27. The molecule has 0 spiro atoms. The molecule has 2 amide bonds. The second-order valence-corrected chi connectivity index (χ2v) is 16.4. The van der Waals surface area contributed by atoms with Gasteiger partial charge in [-0.05, 0) is 86.3 Å². The monoisotopic (exact) mass is 869 g/mol. The van der Waals surface area contributed by atoms with E-state index in [2.05, 4.69) is 30.4 Å². The number of aromatic nitrogens is 1. The molecule has 5 aromatic rings. The Morgan fingerprint density at radius 2 is 1.38 bits per heavy atom. The van der Waals surface area contributed by atoms with Gasteiger partial charge in [0.15, 0.2) is 5.13 Å². The number of fused-ring (bicyclic) bond motifs is 1. The van der Waals surface area contributed by atoms with Crippen molar-refractivity contribution in [3.8, 4) is 17.0 Å². The van der Waals surface area contributed by atoms with Crippen LogP contribution in [0.25, 0.3) is 11.3 Å². The summed E-state index contributed by atoms with van der Waals surface area (Å²) in [4.78, 5) is 35.1. The molecule has 4 aromatic carbocycles. The van der Waals surface area contributed by atoms with Crippen LogP contribution in [0.15, 0.2) is 95.9 Å². The van der Waals surface area contributed by atoms with Crippen molar-refractivity contribution in [2.45, 2.75) is 38.5 Å². The molecule has 0 aliphatic carbocycles. The first-order valence-electron chi connectivity index (χ1n) is 20.6. The SMILES string of the molecule is Cc1ccc(SOCCOCCOCCOCCOCCOCCOc2cccc(CC(=O)Nc3nc(-c4ccc5c(c4)CCN5C(=O)c4ccccc4C)c(C)s3)c2)cc1. The molecule has 0 bridgehead atoms. The third-order valence-corrected chi connectivity index (χ3v) is 11.3. The Morgan fingerprint density at radius 3 is 2.07 bits per heavy atom. The number of benzene rings is 4. The summed E-state index contributed by atoms with van der Waals surface area (Å²) in [6.07, 6.45) is 0.957. The van der Waals surface area contributed by atoms with Crippen LogP contribution in [0.1, 0.15) is 37.5 Å². The Hall–Kier alpha value is -4.64. The molecule has 1 aliphatic heterocycles. The quantitative estimate of drug-likeness (QED) is 0.0426. The summed E-state index contributed by atoms with van der Waals surface area (Å²) in [7, 11) is 0. The highest BCUT2D eigenvalue weighted by molar-refractivity contribution is 7.94. The molecule has 0 fully saturated rings. The van der Waals surface area contributed by atoms with E-state index >= 15 is 0 Å². The molecule has 324 valence electrons. The number of carbonyl (C=O) groups excluding carboxylic acids is 2. The highest BCUT2D eigenvalue weighted by Crippen LogP contribution is 2.36. The fraction of sp³-hybridized carbons (Fsp3) is 0.383. The Bertz CT molecular complexity index is 2150. The van der Waals surface area contributed by atoms with E-state index < -0.39 is 0 Å². The van der Waals surface area contributed by atoms with Gasteiger partial charge in [0.25, 0.3) is 5.91 Å². The fourth-order valence-corrected chi connectivity index (χ4v) is 7.91. The molecule has 0 unspecified atom stereocenters. The number of aryl methyl sites for hydroxylation is 3. The van der Waals surface area contributed by atoms with Crippen LogP contribution in [-0.4, -0.2) is 103 Å². The molecular formula is C47H55N3O9S2. The van der Waals surface area contributed by atoms with E-state index in [0.29, 0.717) is 96.7 Å². The molecule has 61 heavy (non-hydrogen) atoms. The summed E-state index contributed by atoms with van der Waals surface area (Å²) in [5.74, 6) is 0.525. The molecular weight excluding hydrogens is 815 g/mol. The van der Waals surface area contributed by atoms with Crippen molar-refractivity contribution in [2.75, 3.05) is 96.0 Å². The molecule has 1 aliphatic rings. The van der Waals surface area contributed by atoms with Crippen LogP contribution in [0.5, 0.6) is 5.75 Å². The minimum Gasteiger partial charge on any atom is -0.491 e. The third kappa shape index (κ3) is 14.8. The number of nitrogens with zero attached hydrogens (tertiary/aromatic N) is 2. The van der Waals surface area contributed by atoms with Crippen molar-refractivity contribution in [3.05, 3.63) is 124 Å². The van der Waals surface area contributed by atoms with Crippen LogP contribution in [0.4, 0.5) is 10.8 Å². The average molecular weight is 870 g/mol. The molecule has 0 atom stereocenters. The number of nitrogens with one attached hydrogen (secondary N) is 1. The zero-order chi connectivity index (χ0) is 42.7. The number of anilines is 2. The predicted molar refractivity (Wildman–Crippen MR) is 240 cm³/mol. The standard InChI is InChI=1S/C47H55N3O9S2/c1-34-11-14-41(15-12-34)61-59-30-28-57-26-24-55-22-20-53-19-21-54-23-25-56-27-29-58-40-9-6-8-37(31-40)32-44(51)48-47-49-45(36(3)60-47)39-13-16-43-38(33-39)17-18-50(43)46(52)42-10-5-4-7-35(42)2/h4-16,31,33H,17-30,32H2,1-3H3,(H,48,49,51). The smallest absolute Gasteiger partial charge is 0.258 e. The molecule has 1 N–H and O–H groups in total. The number of rotatable bonds is 26. The fourth-order valence-electron chi connectivity index (χ4n) is 6.53.